The highest BCUT2D eigenvalue weighted by Crippen LogP contribution is 2.06. The van der Waals surface area contributed by atoms with E-state index in [9.17, 15) is 4.79 Å². The second-order valence-electron chi connectivity index (χ2n) is 4.16. The molecule has 0 saturated carbocycles. The monoisotopic (exact) mass is 234 g/mol. The van der Waals surface area contributed by atoms with Gasteiger partial charge in [0.15, 0.2) is 0 Å². The van der Waals surface area contributed by atoms with Crippen LogP contribution < -0.4 is 5.43 Å². The summed E-state index contributed by atoms with van der Waals surface area (Å²) in [6.45, 7) is 4.24. The van der Waals surface area contributed by atoms with Crippen LogP contribution in [0, 0.1) is 5.92 Å². The first-order chi connectivity index (χ1) is 8.09. The Balaban J connectivity index is 2.34. The molecule has 1 unspecified atom stereocenters. The Kier molecular flexibility index (Phi) is 5.20. The highest BCUT2D eigenvalue weighted by Gasteiger charge is 2.04. The third-order valence-electron chi connectivity index (χ3n) is 2.42. The molecule has 0 bridgehead atoms. The molecule has 4 heteroatoms. The molecular formula is C13H18N2O2. The number of carboxylic acids is 1. The number of carboxylic acid groups (broad SMARTS) is 1. The Morgan fingerprint density at radius 2 is 2.06 bits per heavy atom. The van der Waals surface area contributed by atoms with E-state index in [0.717, 1.165) is 6.42 Å². The molecule has 0 radical (unpaired) electrons. The summed E-state index contributed by atoms with van der Waals surface area (Å²) < 4.78 is 0. The SMILES string of the molecule is CC(=NNCC(C)Cc1ccccc1)C(=O)O. The Morgan fingerprint density at radius 3 is 2.65 bits per heavy atom. The Bertz CT molecular complexity index is 388. The van der Waals surface area contributed by atoms with Crippen molar-refractivity contribution in [1.29, 1.82) is 0 Å². The van der Waals surface area contributed by atoms with Crippen LogP contribution in [0.5, 0.6) is 0 Å². The maximum atomic E-state index is 10.5. The zero-order valence-electron chi connectivity index (χ0n) is 10.2. The van der Waals surface area contributed by atoms with Gasteiger partial charge in [-0.05, 0) is 24.8 Å². The fourth-order valence-corrected chi connectivity index (χ4v) is 1.46. The maximum absolute atomic E-state index is 10.5. The highest BCUT2D eigenvalue weighted by atomic mass is 16.4. The summed E-state index contributed by atoms with van der Waals surface area (Å²) in [6.07, 6.45) is 0.954. The quantitative estimate of drug-likeness (QED) is 0.584. The standard InChI is InChI=1S/C13H18N2O2/c1-10(8-12-6-4-3-5-7-12)9-14-15-11(2)13(16)17/h3-7,10,14H,8-9H2,1-2H3,(H,16,17). The van der Waals surface area contributed by atoms with Gasteiger partial charge >= 0.3 is 5.97 Å². The van der Waals surface area contributed by atoms with E-state index >= 15 is 0 Å². The van der Waals surface area contributed by atoms with Crippen molar-refractivity contribution in [3.63, 3.8) is 0 Å². The largest absolute Gasteiger partial charge is 0.477 e. The number of hydrazone groups is 1. The summed E-state index contributed by atoms with van der Waals surface area (Å²) in [5.41, 5.74) is 4.15. The molecule has 1 rings (SSSR count). The molecule has 1 aromatic rings. The third kappa shape index (κ3) is 5.15. The van der Waals surface area contributed by atoms with E-state index in [4.69, 9.17) is 5.11 Å². The fourth-order valence-electron chi connectivity index (χ4n) is 1.46. The van der Waals surface area contributed by atoms with Gasteiger partial charge in [0.25, 0.3) is 0 Å². The van der Waals surface area contributed by atoms with Crippen LogP contribution in [0.4, 0.5) is 0 Å². The number of carbonyl (C=O) groups is 1. The lowest BCUT2D eigenvalue weighted by atomic mass is 10.0. The molecular weight excluding hydrogens is 216 g/mol. The molecule has 0 saturated heterocycles. The van der Waals surface area contributed by atoms with Crippen LogP contribution in [0.1, 0.15) is 19.4 Å². The molecule has 17 heavy (non-hydrogen) atoms. The van der Waals surface area contributed by atoms with Crippen LogP contribution in [0.2, 0.25) is 0 Å². The summed E-state index contributed by atoms with van der Waals surface area (Å²) in [7, 11) is 0. The lowest BCUT2D eigenvalue weighted by molar-refractivity contribution is -0.129. The van der Waals surface area contributed by atoms with Crippen LogP contribution in [0.25, 0.3) is 0 Å². The molecule has 0 spiro atoms. The number of aliphatic carboxylic acids is 1. The Hall–Kier alpha value is -1.84. The van der Waals surface area contributed by atoms with Gasteiger partial charge in [0.1, 0.15) is 5.71 Å². The van der Waals surface area contributed by atoms with Crippen LogP contribution in [-0.4, -0.2) is 23.3 Å². The minimum Gasteiger partial charge on any atom is -0.477 e. The average molecular weight is 234 g/mol. The van der Waals surface area contributed by atoms with Gasteiger partial charge in [-0.15, -0.1) is 0 Å². The molecule has 0 heterocycles. The van der Waals surface area contributed by atoms with E-state index < -0.39 is 5.97 Å². The van der Waals surface area contributed by atoms with E-state index in [1.165, 1.54) is 12.5 Å². The summed E-state index contributed by atoms with van der Waals surface area (Å²) in [5, 5.41) is 12.4. The molecule has 0 aliphatic carbocycles. The van der Waals surface area contributed by atoms with Crippen molar-refractivity contribution < 1.29 is 9.90 Å². The van der Waals surface area contributed by atoms with E-state index in [1.54, 1.807) is 0 Å². The molecule has 4 nitrogen and oxygen atoms in total. The van der Waals surface area contributed by atoms with Gasteiger partial charge in [-0.2, -0.15) is 5.10 Å². The van der Waals surface area contributed by atoms with Crippen molar-refractivity contribution in [3.8, 4) is 0 Å². The number of hydrogen-bond donors (Lipinski definition) is 2. The first-order valence-electron chi connectivity index (χ1n) is 5.64. The molecule has 1 aromatic carbocycles. The van der Waals surface area contributed by atoms with Gasteiger partial charge in [-0.25, -0.2) is 4.79 Å². The van der Waals surface area contributed by atoms with Gasteiger partial charge in [-0.1, -0.05) is 37.3 Å². The van der Waals surface area contributed by atoms with Crippen molar-refractivity contribution in [2.45, 2.75) is 20.3 Å². The average Bonchev–Trinajstić information content (AvgIpc) is 2.30. The second kappa shape index (κ2) is 6.68. The van der Waals surface area contributed by atoms with Gasteiger partial charge in [0.05, 0.1) is 0 Å². The number of hydrogen-bond acceptors (Lipinski definition) is 3. The van der Waals surface area contributed by atoms with Crippen molar-refractivity contribution in [2.24, 2.45) is 11.0 Å². The van der Waals surface area contributed by atoms with E-state index in [2.05, 4.69) is 29.6 Å². The molecule has 0 aliphatic heterocycles. The predicted molar refractivity (Wildman–Crippen MR) is 68.1 cm³/mol. The Morgan fingerprint density at radius 1 is 1.41 bits per heavy atom. The van der Waals surface area contributed by atoms with E-state index in [1.807, 2.05) is 18.2 Å². The van der Waals surface area contributed by atoms with E-state index in [-0.39, 0.29) is 5.71 Å². The topological polar surface area (TPSA) is 61.7 Å². The van der Waals surface area contributed by atoms with E-state index in [0.29, 0.717) is 12.5 Å². The van der Waals surface area contributed by atoms with Gasteiger partial charge in [0.2, 0.25) is 0 Å². The second-order valence-corrected chi connectivity index (χ2v) is 4.16. The molecule has 0 amide bonds. The smallest absolute Gasteiger partial charge is 0.351 e. The van der Waals surface area contributed by atoms with Crippen molar-refractivity contribution in [2.75, 3.05) is 6.54 Å². The van der Waals surface area contributed by atoms with Crippen molar-refractivity contribution in [3.05, 3.63) is 35.9 Å². The van der Waals surface area contributed by atoms with Crippen LogP contribution in [0.15, 0.2) is 35.4 Å². The fraction of sp³-hybridized carbons (Fsp3) is 0.385. The van der Waals surface area contributed by atoms with Gasteiger partial charge in [0, 0.05) is 6.54 Å². The minimum absolute atomic E-state index is 0.0805. The van der Waals surface area contributed by atoms with Crippen molar-refractivity contribution in [1.82, 2.24) is 5.43 Å². The third-order valence-corrected chi connectivity index (χ3v) is 2.42. The Labute approximate surface area is 101 Å². The molecule has 0 aromatic heterocycles. The zero-order chi connectivity index (χ0) is 12.7. The predicted octanol–water partition coefficient (Wildman–Crippen LogP) is 1.92. The minimum atomic E-state index is -0.992. The van der Waals surface area contributed by atoms with Gasteiger partial charge < -0.3 is 10.5 Å². The number of benzene rings is 1. The lowest BCUT2D eigenvalue weighted by Gasteiger charge is -2.10. The molecule has 0 aliphatic rings. The number of nitrogens with one attached hydrogen (secondary N) is 1. The first-order valence-corrected chi connectivity index (χ1v) is 5.64. The van der Waals surface area contributed by atoms with Crippen molar-refractivity contribution >= 4 is 11.7 Å². The summed E-state index contributed by atoms with van der Waals surface area (Å²) in [4.78, 5) is 10.5. The zero-order valence-corrected chi connectivity index (χ0v) is 10.2. The number of rotatable bonds is 6. The summed E-state index contributed by atoms with van der Waals surface area (Å²) in [6, 6.07) is 10.2. The molecule has 0 fully saturated rings. The van der Waals surface area contributed by atoms with Crippen LogP contribution in [0.3, 0.4) is 0 Å². The lowest BCUT2D eigenvalue weighted by Crippen LogP contribution is -2.21. The first kappa shape index (κ1) is 13.2. The normalized spacial score (nSPS) is 13.2. The maximum Gasteiger partial charge on any atom is 0.351 e. The summed E-state index contributed by atoms with van der Waals surface area (Å²) >= 11 is 0. The highest BCUT2D eigenvalue weighted by molar-refractivity contribution is 6.34. The molecule has 1 atom stereocenters. The molecule has 2 N–H and O–H groups in total. The summed E-state index contributed by atoms with van der Waals surface area (Å²) in [5.74, 6) is -0.587. The molecule has 92 valence electrons. The van der Waals surface area contributed by atoms with Crippen LogP contribution >= 0.6 is 0 Å². The van der Waals surface area contributed by atoms with Gasteiger partial charge in [-0.3, -0.25) is 0 Å². The number of nitrogens with zero attached hydrogens (tertiary/aromatic N) is 1. The van der Waals surface area contributed by atoms with Crippen LogP contribution in [-0.2, 0) is 11.2 Å².